The van der Waals surface area contributed by atoms with Crippen LogP contribution < -0.4 is 0 Å². The molecule has 1 rings (SSSR count). The Labute approximate surface area is 108 Å². The summed E-state index contributed by atoms with van der Waals surface area (Å²) in [5.74, 6) is -0.249. The molecule has 18 heavy (non-hydrogen) atoms. The Morgan fingerprint density at radius 3 is 1.67 bits per heavy atom. The lowest BCUT2D eigenvalue weighted by Gasteiger charge is -2.10. The van der Waals surface area contributed by atoms with Gasteiger partial charge in [-0.25, -0.2) is 0 Å². The van der Waals surface area contributed by atoms with E-state index in [1.807, 2.05) is 26.0 Å². The van der Waals surface area contributed by atoms with Gasteiger partial charge in [-0.1, -0.05) is 38.2 Å². The summed E-state index contributed by atoms with van der Waals surface area (Å²) in [5, 5.41) is 0. The average Bonchev–Trinajstić information content (AvgIpc) is 2.33. The maximum atomic E-state index is 11.4. The number of hydrogen-bond donors (Lipinski definition) is 0. The van der Waals surface area contributed by atoms with Crippen LogP contribution in [-0.4, -0.2) is 25.2 Å². The van der Waals surface area contributed by atoms with Crippen LogP contribution in [-0.2, 0) is 19.1 Å². The van der Waals surface area contributed by atoms with Crippen LogP contribution in [0.1, 0.15) is 26.7 Å². The van der Waals surface area contributed by atoms with Crippen LogP contribution in [0.3, 0.4) is 0 Å². The second kappa shape index (κ2) is 7.69. The third-order valence-electron chi connectivity index (χ3n) is 2.51. The molecule has 0 bridgehead atoms. The van der Waals surface area contributed by atoms with Crippen molar-refractivity contribution in [2.24, 2.45) is 11.8 Å². The van der Waals surface area contributed by atoms with Crippen molar-refractivity contribution >= 4 is 11.9 Å². The van der Waals surface area contributed by atoms with Crippen LogP contribution in [0.5, 0.6) is 0 Å². The van der Waals surface area contributed by atoms with Crippen molar-refractivity contribution in [2.45, 2.75) is 26.7 Å². The molecule has 0 aromatic rings. The molecule has 1 aliphatic rings. The normalized spacial score (nSPS) is 30.8. The van der Waals surface area contributed by atoms with E-state index in [0.717, 1.165) is 0 Å². The van der Waals surface area contributed by atoms with E-state index >= 15 is 0 Å². The van der Waals surface area contributed by atoms with Crippen molar-refractivity contribution < 1.29 is 19.1 Å². The molecule has 0 aliphatic carbocycles. The number of ether oxygens (including phenoxy) is 2. The first kappa shape index (κ1) is 14.5. The monoisotopic (exact) mass is 252 g/mol. The number of carbonyl (C=O) groups excluding carboxylic acids is 2. The van der Waals surface area contributed by atoms with Gasteiger partial charge in [-0.15, -0.1) is 0 Å². The van der Waals surface area contributed by atoms with Gasteiger partial charge in [-0.2, -0.15) is 0 Å². The molecule has 2 atom stereocenters. The molecule has 1 aliphatic heterocycles. The van der Waals surface area contributed by atoms with Crippen LogP contribution in [0.25, 0.3) is 0 Å². The highest BCUT2D eigenvalue weighted by Crippen LogP contribution is 2.05. The van der Waals surface area contributed by atoms with Crippen molar-refractivity contribution in [3.8, 4) is 0 Å². The maximum absolute atomic E-state index is 11.4. The molecule has 0 aromatic heterocycles. The Bertz CT molecular complexity index is 310. The fraction of sp³-hybridized carbons (Fsp3) is 0.571. The molecule has 0 amide bonds. The third-order valence-corrected chi connectivity index (χ3v) is 2.51. The van der Waals surface area contributed by atoms with Crippen molar-refractivity contribution in [3.63, 3.8) is 0 Å². The predicted molar refractivity (Wildman–Crippen MR) is 67.8 cm³/mol. The van der Waals surface area contributed by atoms with Gasteiger partial charge in [0.15, 0.2) is 0 Å². The lowest BCUT2D eigenvalue weighted by atomic mass is 10.1. The van der Waals surface area contributed by atoms with Gasteiger partial charge in [0.1, 0.15) is 0 Å². The number of carbonyl (C=O) groups is 2. The zero-order valence-corrected chi connectivity index (χ0v) is 10.9. The zero-order chi connectivity index (χ0) is 13.4. The minimum atomic E-state index is -0.229. The smallest absolute Gasteiger partial charge is 0.309 e. The van der Waals surface area contributed by atoms with Crippen molar-refractivity contribution in [2.75, 3.05) is 13.2 Å². The predicted octanol–water partition coefficient (Wildman–Crippen LogP) is 2.25. The second-order valence-electron chi connectivity index (χ2n) is 4.59. The molecule has 0 aromatic carbocycles. The molecular weight excluding hydrogens is 232 g/mol. The molecular formula is C14H20O4. The third kappa shape index (κ3) is 6.23. The molecule has 100 valence electrons. The molecule has 0 unspecified atom stereocenters. The van der Waals surface area contributed by atoms with E-state index in [1.165, 1.54) is 0 Å². The largest absolute Gasteiger partial charge is 0.465 e. The fourth-order valence-electron chi connectivity index (χ4n) is 1.47. The summed E-state index contributed by atoms with van der Waals surface area (Å²) in [6, 6.07) is 0. The lowest BCUT2D eigenvalue weighted by Crippen LogP contribution is -2.12. The molecule has 0 saturated carbocycles. The minimum absolute atomic E-state index is 0.104. The standard InChI is InChI=1S/C14H20O4/c1-11-5-3-7-14(16)18-10-12(2)6-4-8-13(15)17-9-11/h3-6,11-12H,7-10H2,1-2H3/b5-3+,6-4+/t11-,12-/m1/s1. The van der Waals surface area contributed by atoms with E-state index in [0.29, 0.717) is 13.2 Å². The molecule has 0 spiro atoms. The first-order valence-corrected chi connectivity index (χ1v) is 6.22. The van der Waals surface area contributed by atoms with Crippen LogP contribution in [0.2, 0.25) is 0 Å². The topological polar surface area (TPSA) is 52.6 Å². The summed E-state index contributed by atoms with van der Waals surface area (Å²) in [6.45, 7) is 4.54. The fourth-order valence-corrected chi connectivity index (χ4v) is 1.47. The Balaban J connectivity index is 2.58. The van der Waals surface area contributed by atoms with Crippen LogP contribution in [0, 0.1) is 11.8 Å². The second-order valence-corrected chi connectivity index (χ2v) is 4.59. The highest BCUT2D eigenvalue weighted by molar-refractivity contribution is 5.71. The Kier molecular flexibility index (Phi) is 6.19. The number of cyclic esters (lactones) is 2. The van der Waals surface area contributed by atoms with Gasteiger partial charge >= 0.3 is 11.9 Å². The van der Waals surface area contributed by atoms with Gasteiger partial charge in [-0.3, -0.25) is 9.59 Å². The number of esters is 2. The van der Waals surface area contributed by atoms with E-state index in [4.69, 9.17) is 9.47 Å². The SMILES string of the molecule is C[C@@H]1/C=C/CC(=O)OC[C@H](C)/C=C/CC(=O)OC1. The summed E-state index contributed by atoms with van der Waals surface area (Å²) in [4.78, 5) is 22.7. The highest BCUT2D eigenvalue weighted by atomic mass is 16.5. The molecule has 0 fully saturated rings. The van der Waals surface area contributed by atoms with Gasteiger partial charge in [0.2, 0.25) is 0 Å². The molecule has 0 saturated heterocycles. The first-order valence-electron chi connectivity index (χ1n) is 6.22. The molecule has 4 heteroatoms. The van der Waals surface area contributed by atoms with Crippen molar-refractivity contribution in [3.05, 3.63) is 24.3 Å². The van der Waals surface area contributed by atoms with Gasteiger partial charge in [0.05, 0.1) is 26.1 Å². The van der Waals surface area contributed by atoms with E-state index in [1.54, 1.807) is 12.2 Å². The van der Waals surface area contributed by atoms with Gasteiger partial charge < -0.3 is 9.47 Å². The minimum Gasteiger partial charge on any atom is -0.465 e. The summed E-state index contributed by atoms with van der Waals surface area (Å²) in [7, 11) is 0. The van der Waals surface area contributed by atoms with Crippen molar-refractivity contribution in [1.82, 2.24) is 0 Å². The van der Waals surface area contributed by atoms with E-state index < -0.39 is 0 Å². The molecule has 4 nitrogen and oxygen atoms in total. The number of hydrogen-bond acceptors (Lipinski definition) is 4. The lowest BCUT2D eigenvalue weighted by molar-refractivity contribution is -0.144. The van der Waals surface area contributed by atoms with E-state index in [9.17, 15) is 9.59 Å². The van der Waals surface area contributed by atoms with E-state index in [2.05, 4.69) is 0 Å². The van der Waals surface area contributed by atoms with Crippen molar-refractivity contribution in [1.29, 1.82) is 0 Å². The van der Waals surface area contributed by atoms with Gasteiger partial charge in [-0.05, 0) is 0 Å². The van der Waals surface area contributed by atoms with E-state index in [-0.39, 0.29) is 36.6 Å². The summed E-state index contributed by atoms with van der Waals surface area (Å²) in [5.41, 5.74) is 0. The number of rotatable bonds is 0. The molecule has 0 radical (unpaired) electrons. The Morgan fingerprint density at radius 1 is 0.889 bits per heavy atom. The maximum Gasteiger partial charge on any atom is 0.309 e. The Hall–Kier alpha value is -1.58. The quantitative estimate of drug-likeness (QED) is 0.490. The molecule has 1 heterocycles. The summed E-state index contributed by atoms with van der Waals surface area (Å²) in [6.07, 6.45) is 7.75. The Morgan fingerprint density at radius 2 is 1.28 bits per heavy atom. The van der Waals surface area contributed by atoms with Crippen LogP contribution >= 0.6 is 0 Å². The highest BCUT2D eigenvalue weighted by Gasteiger charge is 2.07. The van der Waals surface area contributed by atoms with Crippen LogP contribution in [0.4, 0.5) is 0 Å². The zero-order valence-electron chi connectivity index (χ0n) is 10.9. The van der Waals surface area contributed by atoms with Gasteiger partial charge in [0, 0.05) is 11.8 Å². The van der Waals surface area contributed by atoms with Crippen LogP contribution in [0.15, 0.2) is 24.3 Å². The summed E-state index contributed by atoms with van der Waals surface area (Å²) >= 11 is 0. The van der Waals surface area contributed by atoms with Gasteiger partial charge in [0.25, 0.3) is 0 Å². The summed E-state index contributed by atoms with van der Waals surface area (Å²) < 4.78 is 10.2. The molecule has 0 N–H and O–H groups in total. The first-order chi connectivity index (χ1) is 8.58. The average molecular weight is 252 g/mol.